The number of aromatic nitrogens is 4. The second-order valence-electron chi connectivity index (χ2n) is 4.41. The first-order valence-electron chi connectivity index (χ1n) is 6.42. The predicted octanol–water partition coefficient (Wildman–Crippen LogP) is 1.99. The molecule has 0 amide bonds. The summed E-state index contributed by atoms with van der Waals surface area (Å²) >= 11 is 4.29. The zero-order chi connectivity index (χ0) is 15.5. The number of rotatable bonds is 3. The van der Waals surface area contributed by atoms with E-state index in [1.54, 1.807) is 50.0 Å². The van der Waals surface area contributed by atoms with Crippen molar-refractivity contribution in [3.63, 3.8) is 0 Å². The number of benzene rings is 1. The second kappa shape index (κ2) is 5.98. The van der Waals surface area contributed by atoms with E-state index in [-0.39, 0.29) is 10.5 Å². The lowest BCUT2D eigenvalue weighted by Gasteiger charge is -2.09. The van der Waals surface area contributed by atoms with Gasteiger partial charge in [0.1, 0.15) is 23.5 Å². The predicted molar refractivity (Wildman–Crippen MR) is 84.7 cm³/mol. The molecule has 3 rings (SSSR count). The summed E-state index contributed by atoms with van der Waals surface area (Å²) in [6, 6.07) is 7.10. The number of ether oxygens (including phenoxy) is 1. The molecule has 0 atom stereocenters. The molecule has 0 radical (unpaired) electrons. The van der Waals surface area contributed by atoms with Crippen LogP contribution < -0.4 is 10.3 Å². The van der Waals surface area contributed by atoms with E-state index in [4.69, 9.17) is 4.74 Å². The Labute approximate surface area is 131 Å². The minimum atomic E-state index is -0.274. The van der Waals surface area contributed by atoms with Crippen molar-refractivity contribution in [1.29, 1.82) is 0 Å². The Morgan fingerprint density at radius 3 is 2.55 bits per heavy atom. The Bertz CT molecular complexity index is 848. The first-order chi connectivity index (χ1) is 10.7. The number of hydrogen-bond acceptors (Lipinski definition) is 6. The second-order valence-corrected chi connectivity index (χ2v) is 4.85. The lowest BCUT2D eigenvalue weighted by atomic mass is 10.2. The minimum absolute atomic E-state index is 0.221. The summed E-state index contributed by atoms with van der Waals surface area (Å²) in [6.45, 7) is 0. The SMILES string of the molecule is COc1ccc(-n2cnc(-c3cnccn3)c(S)c2=O)cc1. The molecule has 0 saturated heterocycles. The highest BCUT2D eigenvalue weighted by Gasteiger charge is 2.12. The quantitative estimate of drug-likeness (QED) is 0.749. The molecule has 0 fully saturated rings. The Morgan fingerprint density at radius 2 is 1.91 bits per heavy atom. The summed E-state index contributed by atoms with van der Waals surface area (Å²) in [5.74, 6) is 0.715. The van der Waals surface area contributed by atoms with Gasteiger partial charge in [-0.2, -0.15) is 0 Å². The van der Waals surface area contributed by atoms with Gasteiger partial charge < -0.3 is 4.74 Å². The number of methoxy groups -OCH3 is 1. The molecule has 0 aliphatic rings. The number of thiol groups is 1. The summed E-state index contributed by atoms with van der Waals surface area (Å²) < 4.78 is 6.52. The topological polar surface area (TPSA) is 69.9 Å². The van der Waals surface area contributed by atoms with Crippen LogP contribution in [0.25, 0.3) is 17.1 Å². The van der Waals surface area contributed by atoms with Crippen molar-refractivity contribution in [2.75, 3.05) is 7.11 Å². The highest BCUT2D eigenvalue weighted by molar-refractivity contribution is 7.80. The van der Waals surface area contributed by atoms with Gasteiger partial charge in [-0.3, -0.25) is 19.3 Å². The highest BCUT2D eigenvalue weighted by atomic mass is 32.1. The van der Waals surface area contributed by atoms with E-state index in [0.29, 0.717) is 22.8 Å². The standard InChI is InChI=1S/C15H12N4O2S/c1-21-11-4-2-10(3-5-11)19-9-18-13(14(22)15(19)20)12-8-16-6-7-17-12/h2-9,22H,1H3. The molecule has 2 aromatic heterocycles. The maximum Gasteiger partial charge on any atom is 0.272 e. The average molecular weight is 312 g/mol. The third kappa shape index (κ3) is 2.58. The summed E-state index contributed by atoms with van der Waals surface area (Å²) in [5.41, 5.74) is 1.32. The van der Waals surface area contributed by atoms with Gasteiger partial charge in [-0.25, -0.2) is 4.98 Å². The van der Waals surface area contributed by atoms with E-state index in [1.807, 2.05) is 0 Å². The molecule has 0 unspecified atom stereocenters. The first-order valence-corrected chi connectivity index (χ1v) is 6.87. The largest absolute Gasteiger partial charge is 0.497 e. The number of nitrogens with zero attached hydrogens (tertiary/aromatic N) is 4. The molecule has 0 saturated carbocycles. The van der Waals surface area contributed by atoms with Crippen LogP contribution in [0.3, 0.4) is 0 Å². The first kappa shape index (κ1) is 14.3. The van der Waals surface area contributed by atoms with E-state index in [2.05, 4.69) is 27.6 Å². The summed E-state index contributed by atoms with van der Waals surface area (Å²) in [6.07, 6.45) is 6.09. The van der Waals surface area contributed by atoms with Gasteiger partial charge in [0.15, 0.2) is 0 Å². The Morgan fingerprint density at radius 1 is 1.14 bits per heavy atom. The van der Waals surface area contributed by atoms with Crippen LogP contribution in [0.4, 0.5) is 0 Å². The van der Waals surface area contributed by atoms with E-state index in [9.17, 15) is 4.79 Å². The monoisotopic (exact) mass is 312 g/mol. The molecule has 0 bridgehead atoms. The van der Waals surface area contributed by atoms with Crippen molar-refractivity contribution in [3.8, 4) is 22.8 Å². The maximum absolute atomic E-state index is 12.5. The van der Waals surface area contributed by atoms with Gasteiger partial charge in [0.25, 0.3) is 5.56 Å². The smallest absolute Gasteiger partial charge is 0.272 e. The molecule has 0 N–H and O–H groups in total. The highest BCUT2D eigenvalue weighted by Crippen LogP contribution is 2.19. The lowest BCUT2D eigenvalue weighted by Crippen LogP contribution is -2.20. The van der Waals surface area contributed by atoms with E-state index in [0.717, 1.165) is 0 Å². The summed E-state index contributed by atoms with van der Waals surface area (Å²) in [5, 5.41) is 0. The molecule has 2 heterocycles. The van der Waals surface area contributed by atoms with Gasteiger partial charge in [0.05, 0.1) is 23.9 Å². The molecule has 3 aromatic rings. The third-order valence-electron chi connectivity index (χ3n) is 3.10. The normalized spacial score (nSPS) is 10.5. The Kier molecular flexibility index (Phi) is 3.88. The summed E-state index contributed by atoms with van der Waals surface area (Å²) in [7, 11) is 1.59. The van der Waals surface area contributed by atoms with Gasteiger partial charge in [0.2, 0.25) is 0 Å². The molecule has 0 aliphatic carbocycles. The van der Waals surface area contributed by atoms with Crippen LogP contribution in [0.2, 0.25) is 0 Å². The van der Waals surface area contributed by atoms with Crippen molar-refractivity contribution >= 4 is 12.6 Å². The van der Waals surface area contributed by atoms with Gasteiger partial charge in [-0.1, -0.05) is 0 Å². The van der Waals surface area contributed by atoms with Crippen LogP contribution in [0.1, 0.15) is 0 Å². The fourth-order valence-corrected chi connectivity index (χ4v) is 2.26. The Hall–Kier alpha value is -2.67. The molecule has 6 nitrogen and oxygen atoms in total. The average Bonchev–Trinajstić information content (AvgIpc) is 2.58. The fraction of sp³-hybridized carbons (Fsp3) is 0.0667. The fourth-order valence-electron chi connectivity index (χ4n) is 1.98. The van der Waals surface area contributed by atoms with Gasteiger partial charge in [-0.15, -0.1) is 12.6 Å². The summed E-state index contributed by atoms with van der Waals surface area (Å²) in [4.78, 5) is 25.1. The Balaban J connectivity index is 2.08. The van der Waals surface area contributed by atoms with Crippen molar-refractivity contribution in [1.82, 2.24) is 19.5 Å². The molecular weight excluding hydrogens is 300 g/mol. The molecule has 0 spiro atoms. The van der Waals surface area contributed by atoms with Gasteiger partial charge in [0, 0.05) is 12.4 Å². The molecule has 0 aliphatic heterocycles. The van der Waals surface area contributed by atoms with E-state index in [1.165, 1.54) is 10.9 Å². The molecule has 110 valence electrons. The zero-order valence-corrected chi connectivity index (χ0v) is 12.6. The molecule has 22 heavy (non-hydrogen) atoms. The third-order valence-corrected chi connectivity index (χ3v) is 3.51. The zero-order valence-electron chi connectivity index (χ0n) is 11.7. The molecular formula is C15H12N4O2S. The van der Waals surface area contributed by atoms with E-state index < -0.39 is 0 Å². The van der Waals surface area contributed by atoms with Crippen LogP contribution in [-0.4, -0.2) is 26.6 Å². The number of hydrogen-bond donors (Lipinski definition) is 1. The molecule has 7 heteroatoms. The van der Waals surface area contributed by atoms with Crippen molar-refractivity contribution in [3.05, 3.63) is 59.5 Å². The van der Waals surface area contributed by atoms with Crippen LogP contribution in [0.5, 0.6) is 5.75 Å². The maximum atomic E-state index is 12.5. The van der Waals surface area contributed by atoms with Gasteiger partial charge >= 0.3 is 0 Å². The van der Waals surface area contributed by atoms with E-state index >= 15 is 0 Å². The molecule has 1 aromatic carbocycles. The van der Waals surface area contributed by atoms with Crippen molar-refractivity contribution in [2.45, 2.75) is 4.90 Å². The lowest BCUT2D eigenvalue weighted by molar-refractivity contribution is 0.414. The minimum Gasteiger partial charge on any atom is -0.497 e. The van der Waals surface area contributed by atoms with Crippen LogP contribution in [-0.2, 0) is 0 Å². The van der Waals surface area contributed by atoms with Crippen molar-refractivity contribution < 1.29 is 4.74 Å². The van der Waals surface area contributed by atoms with Crippen molar-refractivity contribution in [2.24, 2.45) is 0 Å². The van der Waals surface area contributed by atoms with Crippen LogP contribution >= 0.6 is 12.6 Å². The van der Waals surface area contributed by atoms with Crippen LogP contribution in [0, 0.1) is 0 Å². The van der Waals surface area contributed by atoms with Crippen LogP contribution in [0.15, 0.2) is 58.9 Å². The van der Waals surface area contributed by atoms with Gasteiger partial charge in [-0.05, 0) is 24.3 Å².